The van der Waals surface area contributed by atoms with Crippen molar-refractivity contribution in [3.05, 3.63) is 192 Å². The highest BCUT2D eigenvalue weighted by Gasteiger charge is 2.39. The maximum atomic E-state index is 14.1. The second-order valence-corrected chi connectivity index (χ2v) is 31.0. The quantitative estimate of drug-likeness (QED) is 0.00655. The summed E-state index contributed by atoms with van der Waals surface area (Å²) in [6, 6.07) is 44.8. The zero-order valence-corrected chi connectivity index (χ0v) is 70.9. The topological polar surface area (TPSA) is 295 Å². The molecular formula is C85H120N8O14S4. The van der Waals surface area contributed by atoms with Crippen molar-refractivity contribution >= 4 is 102 Å². The Kier molecular flexibility index (Phi) is 38.9. The standard InChI is InChI=1S/C44H58N4O7.C41H54N4O7.4H2S/c1-9-25-52-40(50)38(26-30-20-22-32(23-21-30)54-43(2,3)4)48(42(51)55-44(5,6)7)28-31(15-14-24-47-41(45)46-8)27-39(49)53-29-37-35-18-12-10-16-33(35)34-17-11-13-19-36(34)37;1-40(2,3)51-29-20-18-27(19-21-29)23-35(37(47)48)45(39(49)52-41(4,5)6)25-28(13-12-22-44-38(42)43-7)24-36(46)50-26-34-32-16-10-8-14-30(32)31-15-9-11-17-33(31)34;;;;/h9-13,16-23,31,37-38H,1,14-15,24-29H2,2-8H3,(H3,45,46,47);8-11,14-21,28,34-35H,12-13,22-26H2,1-7H3,(H,47,48)(H3,42,43,44);4*1H2/t31-,38+;28-,35+;;;;/m11..../s1. The molecule has 111 heavy (non-hydrogen) atoms. The van der Waals surface area contributed by atoms with Crippen LogP contribution in [0.25, 0.3) is 22.3 Å². The molecule has 0 unspecified atom stereocenters. The number of benzene rings is 6. The number of carbonyl (C=O) groups is 6. The molecule has 7 N–H and O–H groups in total. The molecule has 0 bridgehead atoms. The summed E-state index contributed by atoms with van der Waals surface area (Å²) in [7, 11) is 3.18. The maximum absolute atomic E-state index is 14.1. The van der Waals surface area contributed by atoms with Crippen molar-refractivity contribution in [1.82, 2.24) is 20.4 Å². The molecule has 2 aliphatic carbocycles. The number of nitrogens with one attached hydrogen (secondary N) is 2. The van der Waals surface area contributed by atoms with Gasteiger partial charge in [0.1, 0.15) is 65.8 Å². The molecule has 608 valence electrons. The molecule has 8 rings (SSSR count). The molecule has 0 aromatic heterocycles. The van der Waals surface area contributed by atoms with Crippen LogP contribution >= 0.6 is 54.0 Å². The number of ether oxygens (including phenoxy) is 7. The molecule has 0 radical (unpaired) electrons. The number of hydrogen-bond donors (Lipinski definition) is 5. The molecule has 22 nitrogen and oxygen atoms in total. The third-order valence-corrected chi connectivity index (χ3v) is 17.7. The van der Waals surface area contributed by atoms with Gasteiger partial charge in [0.15, 0.2) is 11.9 Å². The Labute approximate surface area is 684 Å². The lowest BCUT2D eigenvalue weighted by molar-refractivity contribution is -0.149. The van der Waals surface area contributed by atoms with E-state index in [1.54, 1.807) is 79.9 Å². The van der Waals surface area contributed by atoms with Crippen LogP contribution in [0.2, 0.25) is 0 Å². The molecule has 0 heterocycles. The van der Waals surface area contributed by atoms with Crippen molar-refractivity contribution in [2.75, 3.05) is 60.1 Å². The van der Waals surface area contributed by atoms with Gasteiger partial charge in [-0.05, 0) is 201 Å². The summed E-state index contributed by atoms with van der Waals surface area (Å²) in [5.41, 5.74) is 19.6. The number of rotatable bonds is 32. The number of guanidine groups is 2. The summed E-state index contributed by atoms with van der Waals surface area (Å²) in [6.45, 7) is 27.1. The smallest absolute Gasteiger partial charge is 0.411 e. The number of nitrogens with zero attached hydrogens (tertiary/aromatic N) is 4. The van der Waals surface area contributed by atoms with Crippen LogP contribution in [0.3, 0.4) is 0 Å². The van der Waals surface area contributed by atoms with Crippen LogP contribution in [0.5, 0.6) is 11.5 Å². The van der Waals surface area contributed by atoms with Gasteiger partial charge in [0.25, 0.3) is 0 Å². The number of nitrogens with two attached hydrogens (primary N) is 2. The molecular weight excluding hydrogens is 1490 g/mol. The third kappa shape index (κ3) is 30.9. The first-order valence-electron chi connectivity index (χ1n) is 36.8. The molecule has 0 saturated heterocycles. The van der Waals surface area contributed by atoms with E-state index >= 15 is 0 Å². The summed E-state index contributed by atoms with van der Waals surface area (Å²) >= 11 is 0. The second kappa shape index (κ2) is 44.9. The molecule has 0 fully saturated rings. The van der Waals surface area contributed by atoms with E-state index < -0.39 is 82.4 Å². The molecule has 2 aliphatic rings. The van der Waals surface area contributed by atoms with E-state index in [1.165, 1.54) is 15.9 Å². The van der Waals surface area contributed by atoms with Crippen molar-refractivity contribution in [3.8, 4) is 33.8 Å². The largest absolute Gasteiger partial charge is 0.488 e. The zero-order chi connectivity index (χ0) is 78.2. The molecule has 6 aromatic rings. The lowest BCUT2D eigenvalue weighted by Crippen LogP contribution is -2.51. The minimum Gasteiger partial charge on any atom is -0.488 e. The lowest BCUT2D eigenvalue weighted by Gasteiger charge is -2.35. The molecule has 6 aromatic carbocycles. The number of esters is 3. The van der Waals surface area contributed by atoms with Crippen molar-refractivity contribution in [1.29, 1.82) is 0 Å². The average molecular weight is 1610 g/mol. The van der Waals surface area contributed by atoms with Gasteiger partial charge in [0.05, 0.1) is 12.8 Å². The number of fused-ring (bicyclic) bond motifs is 6. The Hall–Kier alpha value is -8.98. The van der Waals surface area contributed by atoms with Crippen molar-refractivity contribution in [2.45, 2.75) is 181 Å². The molecule has 0 saturated carbocycles. The highest BCUT2D eigenvalue weighted by molar-refractivity contribution is 7.59. The highest BCUT2D eigenvalue weighted by Crippen LogP contribution is 2.46. The molecule has 4 atom stereocenters. The van der Waals surface area contributed by atoms with E-state index in [2.05, 4.69) is 75.7 Å². The Balaban J connectivity index is 0.000000556. The van der Waals surface area contributed by atoms with Gasteiger partial charge in [-0.2, -0.15) is 54.0 Å². The first kappa shape index (κ1) is 96.2. The van der Waals surface area contributed by atoms with E-state index in [1.807, 2.05) is 114 Å². The number of aliphatic carboxylic acids is 1. The highest BCUT2D eigenvalue weighted by atomic mass is 32.1. The lowest BCUT2D eigenvalue weighted by atomic mass is 9.96. The van der Waals surface area contributed by atoms with E-state index in [9.17, 15) is 33.9 Å². The Morgan fingerprint density at radius 1 is 0.486 bits per heavy atom. The summed E-state index contributed by atoms with van der Waals surface area (Å²) in [5.74, 6) is -1.80. The Morgan fingerprint density at radius 2 is 0.811 bits per heavy atom. The van der Waals surface area contributed by atoms with Gasteiger partial charge in [-0.3, -0.25) is 29.4 Å². The van der Waals surface area contributed by atoms with Crippen LogP contribution in [-0.2, 0) is 55.7 Å². The van der Waals surface area contributed by atoms with Crippen LogP contribution in [-0.4, -0.2) is 157 Å². The van der Waals surface area contributed by atoms with E-state index in [4.69, 9.17) is 44.6 Å². The summed E-state index contributed by atoms with van der Waals surface area (Å²) < 4.78 is 41.1. The summed E-state index contributed by atoms with van der Waals surface area (Å²) in [5, 5.41) is 16.6. The molecule has 0 aliphatic heterocycles. The second-order valence-electron chi connectivity index (χ2n) is 31.0. The molecule has 26 heteroatoms. The molecule has 0 spiro atoms. The number of hydrogen-bond acceptors (Lipinski definition) is 15. The van der Waals surface area contributed by atoms with Crippen LogP contribution in [0.1, 0.15) is 167 Å². The van der Waals surface area contributed by atoms with E-state index in [0.29, 0.717) is 61.8 Å². The Bertz CT molecular complexity index is 3950. The number of amides is 2. The normalized spacial score (nSPS) is 13.5. The van der Waals surface area contributed by atoms with Gasteiger partial charge in [0, 0.05) is 65.0 Å². The first-order chi connectivity index (χ1) is 50.6. The third-order valence-electron chi connectivity index (χ3n) is 17.7. The van der Waals surface area contributed by atoms with Gasteiger partial charge >= 0.3 is 36.1 Å². The fourth-order valence-electron chi connectivity index (χ4n) is 13.0. The van der Waals surface area contributed by atoms with Crippen LogP contribution in [0.4, 0.5) is 9.59 Å². The van der Waals surface area contributed by atoms with Gasteiger partial charge < -0.3 is 60.4 Å². The van der Waals surface area contributed by atoms with Crippen molar-refractivity contribution in [2.24, 2.45) is 33.3 Å². The average Bonchev–Trinajstić information content (AvgIpc) is 1.63. The number of carboxylic acids is 1. The van der Waals surface area contributed by atoms with Crippen LogP contribution in [0.15, 0.2) is 168 Å². The van der Waals surface area contributed by atoms with Crippen molar-refractivity contribution < 1.29 is 67.0 Å². The van der Waals surface area contributed by atoms with E-state index in [-0.39, 0.29) is 130 Å². The van der Waals surface area contributed by atoms with Gasteiger partial charge in [-0.15, -0.1) is 0 Å². The van der Waals surface area contributed by atoms with Crippen molar-refractivity contribution in [3.63, 3.8) is 0 Å². The minimum atomic E-state index is -1.27. The van der Waals surface area contributed by atoms with Gasteiger partial charge in [-0.25, -0.2) is 19.2 Å². The van der Waals surface area contributed by atoms with Crippen LogP contribution in [0, 0.1) is 11.8 Å². The monoisotopic (exact) mass is 1600 g/mol. The fourth-order valence-corrected chi connectivity index (χ4v) is 13.0. The number of aliphatic imine (C=N–C) groups is 2. The minimum absolute atomic E-state index is 0. The number of carboxylic acid groups (broad SMARTS) is 1. The first-order valence-corrected chi connectivity index (χ1v) is 36.8. The maximum Gasteiger partial charge on any atom is 0.411 e. The molecule has 2 amide bonds. The van der Waals surface area contributed by atoms with Gasteiger partial charge in [-0.1, -0.05) is 134 Å². The fraction of sp³-hybridized carbons (Fsp3) is 0.459. The zero-order valence-electron chi connectivity index (χ0n) is 66.9. The predicted octanol–water partition coefficient (Wildman–Crippen LogP) is 14.6. The summed E-state index contributed by atoms with van der Waals surface area (Å²) in [6.07, 6.45) is 2.28. The number of carbonyl (C=O) groups excluding carboxylic acids is 5. The Morgan fingerprint density at radius 3 is 1.12 bits per heavy atom. The predicted molar refractivity (Wildman–Crippen MR) is 460 cm³/mol. The van der Waals surface area contributed by atoms with E-state index in [0.717, 1.165) is 50.1 Å². The van der Waals surface area contributed by atoms with Gasteiger partial charge in [0.2, 0.25) is 0 Å². The van der Waals surface area contributed by atoms with Crippen LogP contribution < -0.4 is 31.6 Å². The summed E-state index contributed by atoms with van der Waals surface area (Å²) in [4.78, 5) is 92.4. The SMILES string of the molecule is C=CCOC(=O)[C@H](Cc1ccc(OC(C)(C)C)cc1)N(C[C@H](CCCNC(N)=NC)CC(=O)OCC1c2ccccc2-c2ccccc21)C(=O)OC(C)(C)C.CN=C(N)NCCC[C@H](CC(=O)OCC1c2ccccc2-c2ccccc21)CN(C(=O)OC(C)(C)C)[C@@H](Cc1ccc(OC(C)(C)C)cc1)C(=O)O.S.S.S.S.